The van der Waals surface area contributed by atoms with Crippen LogP contribution in [0.3, 0.4) is 0 Å². The van der Waals surface area contributed by atoms with E-state index in [2.05, 4.69) is 15.9 Å². The van der Waals surface area contributed by atoms with Crippen molar-refractivity contribution < 1.29 is 14.1 Å². The van der Waals surface area contributed by atoms with Crippen molar-refractivity contribution >= 4 is 27.4 Å². The van der Waals surface area contributed by atoms with Crippen LogP contribution in [0.15, 0.2) is 18.2 Å². The van der Waals surface area contributed by atoms with E-state index in [-0.39, 0.29) is 29.9 Å². The molecule has 0 radical (unpaired) electrons. The highest BCUT2D eigenvalue weighted by Gasteiger charge is 2.15. The summed E-state index contributed by atoms with van der Waals surface area (Å²) in [5.41, 5.74) is 0.136. The molecule has 6 heteroatoms. The maximum Gasteiger partial charge on any atom is 0.272 e. The zero-order valence-corrected chi connectivity index (χ0v) is 11.3. The average molecular weight is 318 g/mol. The molecule has 0 amide bonds. The van der Waals surface area contributed by atoms with E-state index in [1.807, 2.05) is 0 Å². The fourth-order valence-electron chi connectivity index (χ4n) is 1.60. The van der Waals surface area contributed by atoms with Gasteiger partial charge in [0.25, 0.3) is 5.69 Å². The fourth-order valence-corrected chi connectivity index (χ4v) is 1.88. The zero-order chi connectivity index (χ0) is 13.5. The monoisotopic (exact) mass is 317 g/mol. The lowest BCUT2D eigenvalue weighted by molar-refractivity contribution is -0.385. The van der Waals surface area contributed by atoms with E-state index in [0.717, 1.165) is 30.0 Å². The Morgan fingerprint density at radius 1 is 1.39 bits per heavy atom. The van der Waals surface area contributed by atoms with Crippen LogP contribution < -0.4 is 0 Å². The predicted octanol–water partition coefficient (Wildman–Crippen LogP) is 3.41. The Morgan fingerprint density at radius 3 is 2.72 bits per heavy atom. The first-order chi connectivity index (χ1) is 8.54. The molecular formula is C12H13BrFNO3. The van der Waals surface area contributed by atoms with Gasteiger partial charge in [0, 0.05) is 29.8 Å². The third kappa shape index (κ3) is 4.52. The number of benzene rings is 1. The maximum atomic E-state index is 13.0. The first-order valence-corrected chi connectivity index (χ1v) is 6.67. The van der Waals surface area contributed by atoms with E-state index in [0.29, 0.717) is 6.42 Å². The van der Waals surface area contributed by atoms with Crippen molar-refractivity contribution in [1.29, 1.82) is 0 Å². The number of halogens is 2. The highest BCUT2D eigenvalue weighted by molar-refractivity contribution is 9.09. The summed E-state index contributed by atoms with van der Waals surface area (Å²) in [6.45, 7) is 0. The number of nitro benzene ring substituents is 1. The molecule has 0 unspecified atom stereocenters. The van der Waals surface area contributed by atoms with Crippen molar-refractivity contribution in [3.8, 4) is 0 Å². The van der Waals surface area contributed by atoms with Crippen molar-refractivity contribution in [2.45, 2.75) is 25.7 Å². The quantitative estimate of drug-likeness (QED) is 0.440. The Balaban J connectivity index is 2.68. The number of alkyl halides is 1. The van der Waals surface area contributed by atoms with Crippen LogP contribution in [0.25, 0.3) is 0 Å². The van der Waals surface area contributed by atoms with Crippen LogP contribution in [0, 0.1) is 15.9 Å². The lowest BCUT2D eigenvalue weighted by Gasteiger charge is -2.03. The van der Waals surface area contributed by atoms with E-state index in [1.54, 1.807) is 0 Å². The molecule has 0 heterocycles. The molecule has 0 N–H and O–H groups in total. The molecule has 0 fully saturated rings. The van der Waals surface area contributed by atoms with Gasteiger partial charge >= 0.3 is 0 Å². The highest BCUT2D eigenvalue weighted by Crippen LogP contribution is 2.21. The van der Waals surface area contributed by atoms with Gasteiger partial charge in [-0.3, -0.25) is 14.9 Å². The summed E-state index contributed by atoms with van der Waals surface area (Å²) in [5.74, 6) is -0.489. The van der Waals surface area contributed by atoms with Gasteiger partial charge in [-0.05, 0) is 25.0 Å². The topological polar surface area (TPSA) is 60.2 Å². The first kappa shape index (κ1) is 14.8. The molecule has 98 valence electrons. The van der Waals surface area contributed by atoms with Gasteiger partial charge in [-0.25, -0.2) is 4.39 Å². The minimum absolute atomic E-state index is 0.0352. The van der Waals surface area contributed by atoms with Crippen LogP contribution in [0.2, 0.25) is 0 Å². The average Bonchev–Trinajstić information content (AvgIpc) is 2.33. The van der Waals surface area contributed by atoms with Gasteiger partial charge in [0.15, 0.2) is 0 Å². The summed E-state index contributed by atoms with van der Waals surface area (Å²) in [4.78, 5) is 21.6. The third-order valence-electron chi connectivity index (χ3n) is 2.50. The van der Waals surface area contributed by atoms with Crippen LogP contribution in [0.5, 0.6) is 0 Å². The summed E-state index contributed by atoms with van der Waals surface area (Å²) < 4.78 is 13.0. The zero-order valence-electron chi connectivity index (χ0n) is 9.70. The van der Waals surface area contributed by atoms with Crippen molar-refractivity contribution in [3.63, 3.8) is 0 Å². The minimum Gasteiger partial charge on any atom is -0.300 e. The van der Waals surface area contributed by atoms with Gasteiger partial charge < -0.3 is 0 Å². The summed E-state index contributed by atoms with van der Waals surface area (Å²) >= 11 is 3.22. The Bertz CT molecular complexity index is 451. The summed E-state index contributed by atoms with van der Waals surface area (Å²) in [6, 6.07) is 3.30. The Kier molecular flexibility index (Phi) is 5.91. The predicted molar refractivity (Wildman–Crippen MR) is 69.4 cm³/mol. The number of rotatable bonds is 7. The van der Waals surface area contributed by atoms with Gasteiger partial charge in [0.05, 0.1) is 4.92 Å². The molecule has 0 aromatic heterocycles. The smallest absolute Gasteiger partial charge is 0.272 e. The number of carbonyl (C=O) groups is 1. The molecule has 0 aliphatic heterocycles. The van der Waals surface area contributed by atoms with E-state index in [1.165, 1.54) is 0 Å². The molecule has 0 saturated carbocycles. The Morgan fingerprint density at radius 2 is 2.11 bits per heavy atom. The van der Waals surface area contributed by atoms with Crippen molar-refractivity contribution in [2.75, 3.05) is 5.33 Å². The second-order valence-corrected chi connectivity index (χ2v) is 4.65. The van der Waals surface area contributed by atoms with Crippen molar-refractivity contribution in [2.24, 2.45) is 0 Å². The second-order valence-electron chi connectivity index (χ2n) is 3.86. The number of carbonyl (C=O) groups excluding carboxylic acids is 1. The van der Waals surface area contributed by atoms with Gasteiger partial charge in [-0.15, -0.1) is 0 Å². The summed E-state index contributed by atoms with van der Waals surface area (Å²) in [5, 5.41) is 11.5. The lowest BCUT2D eigenvalue weighted by Crippen LogP contribution is -2.03. The van der Waals surface area contributed by atoms with Crippen LogP contribution >= 0.6 is 15.9 Å². The van der Waals surface area contributed by atoms with Crippen LogP contribution in [0.4, 0.5) is 10.1 Å². The van der Waals surface area contributed by atoms with E-state index >= 15 is 0 Å². The SMILES string of the molecule is O=C(CCCBr)CCc1cc(F)ccc1[N+](=O)[O-]. The second kappa shape index (κ2) is 7.20. The molecule has 1 aromatic carbocycles. The molecular weight excluding hydrogens is 305 g/mol. The summed E-state index contributed by atoms with van der Waals surface area (Å²) in [7, 11) is 0. The molecule has 0 spiro atoms. The minimum atomic E-state index is -0.558. The molecule has 1 aromatic rings. The number of hydrogen-bond donors (Lipinski definition) is 0. The normalized spacial score (nSPS) is 10.3. The highest BCUT2D eigenvalue weighted by atomic mass is 79.9. The number of Topliss-reactive ketones (excluding diaryl/α,β-unsaturated/α-hetero) is 1. The third-order valence-corrected chi connectivity index (χ3v) is 3.06. The lowest BCUT2D eigenvalue weighted by atomic mass is 10.0. The Hall–Kier alpha value is -1.30. The van der Waals surface area contributed by atoms with E-state index in [4.69, 9.17) is 0 Å². The number of ketones is 1. The first-order valence-electron chi connectivity index (χ1n) is 5.55. The molecule has 0 aliphatic rings. The van der Waals surface area contributed by atoms with Crippen LogP contribution in [-0.2, 0) is 11.2 Å². The van der Waals surface area contributed by atoms with E-state index in [9.17, 15) is 19.3 Å². The van der Waals surface area contributed by atoms with Crippen LogP contribution in [-0.4, -0.2) is 16.0 Å². The maximum absolute atomic E-state index is 13.0. The molecule has 0 atom stereocenters. The van der Waals surface area contributed by atoms with Gasteiger partial charge in [0.2, 0.25) is 0 Å². The summed E-state index contributed by atoms with van der Waals surface area (Å²) in [6.07, 6.45) is 1.59. The standard InChI is InChI=1S/C12H13BrFNO3/c13-7-1-2-11(16)5-3-9-8-10(14)4-6-12(9)15(17)18/h4,6,8H,1-3,5,7H2. The van der Waals surface area contributed by atoms with Crippen LogP contribution in [0.1, 0.15) is 24.8 Å². The number of aryl methyl sites for hydroxylation is 1. The fraction of sp³-hybridized carbons (Fsp3) is 0.417. The molecule has 0 bridgehead atoms. The molecule has 0 saturated heterocycles. The van der Waals surface area contributed by atoms with Gasteiger partial charge in [-0.1, -0.05) is 15.9 Å². The largest absolute Gasteiger partial charge is 0.300 e. The van der Waals surface area contributed by atoms with E-state index < -0.39 is 10.7 Å². The van der Waals surface area contributed by atoms with Gasteiger partial charge in [0.1, 0.15) is 11.6 Å². The molecule has 18 heavy (non-hydrogen) atoms. The number of nitro groups is 1. The molecule has 0 aliphatic carbocycles. The molecule has 4 nitrogen and oxygen atoms in total. The van der Waals surface area contributed by atoms with Crippen molar-refractivity contribution in [1.82, 2.24) is 0 Å². The molecule has 1 rings (SSSR count). The van der Waals surface area contributed by atoms with Gasteiger partial charge in [-0.2, -0.15) is 0 Å². The Labute approximate surface area is 112 Å². The van der Waals surface area contributed by atoms with Crippen molar-refractivity contribution in [3.05, 3.63) is 39.7 Å². The number of nitrogens with zero attached hydrogens (tertiary/aromatic N) is 1. The number of hydrogen-bond acceptors (Lipinski definition) is 3.